The van der Waals surface area contributed by atoms with Gasteiger partial charge in [0.1, 0.15) is 23.6 Å². The number of hydrogen-bond donors (Lipinski definition) is 1. The first-order valence-electron chi connectivity index (χ1n) is 9.33. The van der Waals surface area contributed by atoms with Gasteiger partial charge < -0.3 is 15.4 Å². The molecule has 1 atom stereocenters. The van der Waals surface area contributed by atoms with Crippen molar-refractivity contribution in [3.8, 4) is 11.3 Å². The number of nitrogens with zero attached hydrogens (tertiary/aromatic N) is 4. The Morgan fingerprint density at radius 3 is 2.80 bits per heavy atom. The molecule has 1 unspecified atom stereocenters. The fourth-order valence-electron chi connectivity index (χ4n) is 3.42. The van der Waals surface area contributed by atoms with Crippen molar-refractivity contribution in [1.29, 1.82) is 0 Å². The van der Waals surface area contributed by atoms with Crippen molar-refractivity contribution in [3.05, 3.63) is 65.0 Å². The fourth-order valence-corrected chi connectivity index (χ4v) is 3.42. The monoisotopic (exact) mass is 411 g/mol. The molecule has 0 spiro atoms. The van der Waals surface area contributed by atoms with E-state index < -0.39 is 11.6 Å². The number of aromatic nitrogens is 3. The predicted molar refractivity (Wildman–Crippen MR) is 107 cm³/mol. The van der Waals surface area contributed by atoms with E-state index in [1.165, 1.54) is 6.07 Å². The summed E-state index contributed by atoms with van der Waals surface area (Å²) in [6.45, 7) is 3.25. The predicted octanol–water partition coefficient (Wildman–Crippen LogP) is 3.10. The van der Waals surface area contributed by atoms with Crippen LogP contribution in [0.3, 0.4) is 0 Å². The topological polar surface area (TPSA) is 94.2 Å². The second-order valence-electron chi connectivity index (χ2n) is 6.95. The highest BCUT2D eigenvalue weighted by atomic mass is 19.1. The first kappa shape index (κ1) is 19.8. The first-order chi connectivity index (χ1) is 14.5. The van der Waals surface area contributed by atoms with E-state index in [0.29, 0.717) is 26.0 Å². The molecule has 0 saturated carbocycles. The average molecular weight is 411 g/mol. The molecule has 0 amide bonds. The van der Waals surface area contributed by atoms with E-state index in [1.54, 1.807) is 6.20 Å². The molecule has 3 aromatic rings. The van der Waals surface area contributed by atoms with Crippen LogP contribution < -0.4 is 10.6 Å². The van der Waals surface area contributed by atoms with Crippen LogP contribution in [0.5, 0.6) is 0 Å². The molecule has 1 fully saturated rings. The van der Waals surface area contributed by atoms with Gasteiger partial charge in [-0.3, -0.25) is 9.78 Å². The summed E-state index contributed by atoms with van der Waals surface area (Å²) >= 11 is 0. The number of benzene rings is 1. The lowest BCUT2D eigenvalue weighted by Crippen LogP contribution is -2.39. The average Bonchev–Trinajstić information content (AvgIpc) is 2.73. The zero-order valence-electron chi connectivity index (χ0n) is 16.2. The van der Waals surface area contributed by atoms with Crippen LogP contribution in [0.25, 0.3) is 11.3 Å². The van der Waals surface area contributed by atoms with Gasteiger partial charge in [-0.15, -0.1) is 0 Å². The maximum absolute atomic E-state index is 14.4. The summed E-state index contributed by atoms with van der Waals surface area (Å²) in [5.74, 6) is -1.39. The Balaban J connectivity index is 1.72. The van der Waals surface area contributed by atoms with E-state index in [9.17, 15) is 13.6 Å². The molecule has 30 heavy (non-hydrogen) atoms. The quantitative estimate of drug-likeness (QED) is 0.659. The van der Waals surface area contributed by atoms with Gasteiger partial charge in [0.15, 0.2) is 6.29 Å². The fraction of sp³-hybridized carbons (Fsp3) is 0.238. The maximum atomic E-state index is 14.4. The minimum absolute atomic E-state index is 0.0211. The van der Waals surface area contributed by atoms with E-state index in [0.717, 1.165) is 23.4 Å². The molecule has 0 aliphatic carbocycles. The number of rotatable bonds is 4. The number of nitrogens with two attached hydrogens (primary N) is 1. The van der Waals surface area contributed by atoms with E-state index in [1.807, 2.05) is 24.0 Å². The number of halogens is 2. The van der Waals surface area contributed by atoms with Gasteiger partial charge in [-0.2, -0.15) is 4.98 Å². The van der Waals surface area contributed by atoms with Crippen molar-refractivity contribution >= 4 is 18.1 Å². The Labute approximate surface area is 171 Å². The number of morpholine rings is 1. The van der Waals surface area contributed by atoms with Crippen LogP contribution in [0.15, 0.2) is 36.5 Å². The minimum atomic E-state index is -0.839. The molecule has 3 heterocycles. The number of hydrogen-bond acceptors (Lipinski definition) is 7. The number of nitrogen functional groups attached to an aromatic ring is 1. The lowest BCUT2D eigenvalue weighted by molar-refractivity contribution is 0.0391. The summed E-state index contributed by atoms with van der Waals surface area (Å²) in [5, 5.41) is 0. The Hall–Kier alpha value is -3.46. The number of carbonyl (C=O) groups is 1. The lowest BCUT2D eigenvalue weighted by atomic mass is 10.1. The third kappa shape index (κ3) is 3.84. The molecule has 1 aromatic carbocycles. The second-order valence-corrected chi connectivity index (χ2v) is 6.95. The van der Waals surface area contributed by atoms with E-state index >= 15 is 0 Å². The smallest absolute Gasteiger partial charge is 0.228 e. The van der Waals surface area contributed by atoms with E-state index in [2.05, 4.69) is 15.0 Å². The summed E-state index contributed by atoms with van der Waals surface area (Å²) in [6.07, 6.45) is 1.96. The molecule has 0 bridgehead atoms. The van der Waals surface area contributed by atoms with Crippen molar-refractivity contribution in [2.75, 3.05) is 30.3 Å². The highest BCUT2D eigenvalue weighted by Crippen LogP contribution is 2.31. The highest BCUT2D eigenvalue weighted by Gasteiger charge is 2.26. The third-order valence-corrected chi connectivity index (χ3v) is 4.91. The zero-order chi connectivity index (χ0) is 21.3. The number of aryl methyl sites for hydroxylation is 1. The Kier molecular flexibility index (Phi) is 5.37. The number of ether oxygens (including phenoxy) is 1. The molecule has 0 radical (unpaired) electrons. The number of pyridine rings is 1. The molecule has 1 aliphatic heterocycles. The van der Waals surface area contributed by atoms with Crippen molar-refractivity contribution in [2.24, 2.45) is 0 Å². The molecular weight excluding hydrogens is 392 g/mol. The third-order valence-electron chi connectivity index (χ3n) is 4.91. The number of carbonyl (C=O) groups excluding carboxylic acids is 1. The molecule has 154 valence electrons. The normalized spacial score (nSPS) is 16.5. The molecule has 2 N–H and O–H groups in total. The van der Waals surface area contributed by atoms with Crippen LogP contribution in [0, 0.1) is 18.6 Å². The van der Waals surface area contributed by atoms with Crippen LogP contribution in [0.1, 0.15) is 27.7 Å². The van der Waals surface area contributed by atoms with Crippen molar-refractivity contribution in [3.63, 3.8) is 0 Å². The molecule has 1 aliphatic rings. The van der Waals surface area contributed by atoms with Gasteiger partial charge in [0.2, 0.25) is 5.95 Å². The molecule has 7 nitrogen and oxygen atoms in total. The molecule has 9 heteroatoms. The highest BCUT2D eigenvalue weighted by molar-refractivity contribution is 5.91. The van der Waals surface area contributed by atoms with Crippen molar-refractivity contribution in [1.82, 2.24) is 15.0 Å². The van der Waals surface area contributed by atoms with Gasteiger partial charge >= 0.3 is 0 Å². The van der Waals surface area contributed by atoms with Gasteiger partial charge in [-0.05, 0) is 36.8 Å². The first-order valence-corrected chi connectivity index (χ1v) is 9.33. The number of aldehydes is 1. The summed E-state index contributed by atoms with van der Waals surface area (Å²) in [5.41, 5.74) is 7.77. The number of anilines is 2. The zero-order valence-corrected chi connectivity index (χ0v) is 16.2. The summed E-state index contributed by atoms with van der Waals surface area (Å²) in [6, 6.07) is 6.88. The summed E-state index contributed by atoms with van der Waals surface area (Å²) < 4.78 is 33.6. The molecular formula is C21H19F2N5O2. The molecule has 2 aromatic heterocycles. The van der Waals surface area contributed by atoms with Crippen LogP contribution in [0.2, 0.25) is 0 Å². The SMILES string of the molecule is Cc1cc(C2CN(c3nc(N)c(C=O)c(-c4ccc(F)cc4F)n3)CCO2)ccn1. The van der Waals surface area contributed by atoms with Gasteiger partial charge in [-0.1, -0.05) is 0 Å². The van der Waals surface area contributed by atoms with Crippen molar-refractivity contribution < 1.29 is 18.3 Å². The minimum Gasteiger partial charge on any atom is -0.383 e. The standard InChI is InChI=1S/C21H19F2N5O2/c1-12-8-13(4-5-25-12)18-10-28(6-7-30-18)21-26-19(16(11-29)20(24)27-21)15-3-2-14(22)9-17(15)23/h2-5,8-9,11,18H,6-7,10H2,1H3,(H2,24,26,27). The van der Waals surface area contributed by atoms with Gasteiger partial charge in [0, 0.05) is 30.1 Å². The van der Waals surface area contributed by atoms with Crippen molar-refractivity contribution in [2.45, 2.75) is 13.0 Å². The maximum Gasteiger partial charge on any atom is 0.228 e. The van der Waals surface area contributed by atoms with Gasteiger partial charge in [0.25, 0.3) is 0 Å². The Bertz CT molecular complexity index is 1110. The van der Waals surface area contributed by atoms with Crippen LogP contribution in [-0.2, 0) is 4.74 Å². The molecule has 4 rings (SSSR count). The van der Waals surface area contributed by atoms with Gasteiger partial charge in [0.05, 0.1) is 24.4 Å². The van der Waals surface area contributed by atoms with E-state index in [-0.39, 0.29) is 34.7 Å². The summed E-state index contributed by atoms with van der Waals surface area (Å²) in [4.78, 5) is 26.3. The van der Waals surface area contributed by atoms with Crippen LogP contribution in [-0.4, -0.2) is 40.9 Å². The Morgan fingerprint density at radius 1 is 1.23 bits per heavy atom. The Morgan fingerprint density at radius 2 is 2.07 bits per heavy atom. The van der Waals surface area contributed by atoms with Crippen LogP contribution in [0.4, 0.5) is 20.5 Å². The second kappa shape index (κ2) is 8.11. The molecule has 1 saturated heterocycles. The van der Waals surface area contributed by atoms with Gasteiger partial charge in [-0.25, -0.2) is 13.8 Å². The van der Waals surface area contributed by atoms with E-state index in [4.69, 9.17) is 10.5 Å². The summed E-state index contributed by atoms with van der Waals surface area (Å²) in [7, 11) is 0. The largest absolute Gasteiger partial charge is 0.383 e. The van der Waals surface area contributed by atoms with Crippen LogP contribution >= 0.6 is 0 Å². The lowest BCUT2D eigenvalue weighted by Gasteiger charge is -2.33.